The molecule has 24 heavy (non-hydrogen) atoms. The molecule has 2 amide bonds. The van der Waals surface area contributed by atoms with Crippen LogP contribution >= 0.6 is 0 Å². The van der Waals surface area contributed by atoms with E-state index in [2.05, 4.69) is 20.8 Å². The maximum absolute atomic E-state index is 11.8. The predicted molar refractivity (Wildman–Crippen MR) is 82.4 cm³/mol. The number of carboxylic acid groups (broad SMARTS) is 1. The summed E-state index contributed by atoms with van der Waals surface area (Å²) in [5, 5.41) is 17.1. The number of anilines is 1. The number of carbonyl (C=O) groups excluding carboxylic acids is 2. The highest BCUT2D eigenvalue weighted by atomic mass is 16.5. The lowest BCUT2D eigenvalue weighted by molar-refractivity contribution is -0.135. The van der Waals surface area contributed by atoms with Crippen molar-refractivity contribution in [3.05, 3.63) is 41.5 Å². The van der Waals surface area contributed by atoms with Crippen molar-refractivity contribution in [1.29, 1.82) is 0 Å². The molecule has 0 saturated carbocycles. The Balaban J connectivity index is 1.83. The molecule has 0 bridgehead atoms. The minimum atomic E-state index is -1.12. The van der Waals surface area contributed by atoms with Gasteiger partial charge in [0.2, 0.25) is 11.8 Å². The second-order valence-electron chi connectivity index (χ2n) is 4.94. The van der Waals surface area contributed by atoms with Crippen LogP contribution in [0, 0.1) is 6.92 Å². The largest absolute Gasteiger partial charge is 0.480 e. The van der Waals surface area contributed by atoms with Crippen LogP contribution in [0.5, 0.6) is 0 Å². The third-order valence-corrected chi connectivity index (χ3v) is 2.97. The Kier molecular flexibility index (Phi) is 5.61. The van der Waals surface area contributed by atoms with Gasteiger partial charge in [-0.1, -0.05) is 5.16 Å². The second kappa shape index (κ2) is 7.86. The van der Waals surface area contributed by atoms with Crippen LogP contribution in [0.15, 0.2) is 28.8 Å². The van der Waals surface area contributed by atoms with Crippen LogP contribution in [0.25, 0.3) is 0 Å². The van der Waals surface area contributed by atoms with Gasteiger partial charge in [-0.15, -0.1) is 0 Å². The van der Waals surface area contributed by atoms with Gasteiger partial charge < -0.3 is 20.3 Å². The van der Waals surface area contributed by atoms with Gasteiger partial charge in [-0.25, -0.2) is 0 Å². The van der Waals surface area contributed by atoms with E-state index in [0.29, 0.717) is 29.4 Å². The lowest BCUT2D eigenvalue weighted by Gasteiger charge is -2.06. The van der Waals surface area contributed by atoms with E-state index in [1.165, 1.54) is 12.1 Å². The van der Waals surface area contributed by atoms with Crippen LogP contribution in [-0.2, 0) is 16.0 Å². The van der Waals surface area contributed by atoms with Gasteiger partial charge in [-0.05, 0) is 31.2 Å². The highest BCUT2D eigenvalue weighted by Gasteiger charge is 2.09. The predicted octanol–water partition coefficient (Wildman–Crippen LogP) is 0.764. The summed E-state index contributed by atoms with van der Waals surface area (Å²) in [4.78, 5) is 37.9. The number of aliphatic carboxylic acids is 1. The van der Waals surface area contributed by atoms with Crippen molar-refractivity contribution >= 4 is 23.5 Å². The molecule has 2 rings (SSSR count). The first-order valence-corrected chi connectivity index (χ1v) is 7.13. The maximum atomic E-state index is 11.8. The van der Waals surface area contributed by atoms with Crippen molar-refractivity contribution in [3.8, 4) is 0 Å². The van der Waals surface area contributed by atoms with Gasteiger partial charge in [0.05, 0.1) is 0 Å². The van der Waals surface area contributed by atoms with E-state index < -0.39 is 18.4 Å². The number of hydrogen-bond donors (Lipinski definition) is 3. The average molecular weight is 332 g/mol. The minimum absolute atomic E-state index is 0.183. The molecule has 0 radical (unpaired) electrons. The summed E-state index contributed by atoms with van der Waals surface area (Å²) in [5.74, 6) is -0.935. The van der Waals surface area contributed by atoms with E-state index in [1.54, 1.807) is 19.1 Å². The number of aromatic nitrogens is 2. The number of benzene rings is 1. The first kappa shape index (κ1) is 17.1. The van der Waals surface area contributed by atoms with E-state index in [-0.39, 0.29) is 12.3 Å². The average Bonchev–Trinajstić information content (AvgIpc) is 2.97. The zero-order valence-corrected chi connectivity index (χ0v) is 12.9. The van der Waals surface area contributed by atoms with Gasteiger partial charge >= 0.3 is 5.97 Å². The molecule has 9 heteroatoms. The molecule has 0 aliphatic rings. The molecule has 0 atom stereocenters. The van der Waals surface area contributed by atoms with Gasteiger partial charge in [0.25, 0.3) is 5.91 Å². The summed E-state index contributed by atoms with van der Waals surface area (Å²) >= 11 is 0. The Morgan fingerprint density at radius 3 is 2.50 bits per heavy atom. The summed E-state index contributed by atoms with van der Waals surface area (Å²) < 4.78 is 4.92. The van der Waals surface area contributed by atoms with Crippen LogP contribution in [0.3, 0.4) is 0 Å². The molecule has 3 N–H and O–H groups in total. The summed E-state index contributed by atoms with van der Waals surface area (Å²) in [6.07, 6.45) is 0.519. The molecule has 0 spiro atoms. The van der Waals surface area contributed by atoms with Gasteiger partial charge in [0.1, 0.15) is 6.54 Å². The fourth-order valence-electron chi connectivity index (χ4n) is 1.85. The van der Waals surface area contributed by atoms with Gasteiger partial charge in [0.15, 0.2) is 5.82 Å². The molecule has 0 unspecified atom stereocenters. The van der Waals surface area contributed by atoms with Crippen molar-refractivity contribution in [3.63, 3.8) is 0 Å². The third kappa shape index (κ3) is 5.20. The number of rotatable bonds is 7. The molecule has 0 aliphatic heterocycles. The summed E-state index contributed by atoms with van der Waals surface area (Å²) in [7, 11) is 0. The molecule has 9 nitrogen and oxygen atoms in total. The molecule has 0 fully saturated rings. The molecule has 126 valence electrons. The number of carboxylic acids is 1. The van der Waals surface area contributed by atoms with E-state index in [4.69, 9.17) is 9.63 Å². The highest BCUT2D eigenvalue weighted by molar-refractivity contribution is 5.97. The fraction of sp³-hybridized carbons (Fsp3) is 0.267. The van der Waals surface area contributed by atoms with Crippen molar-refractivity contribution in [2.75, 3.05) is 11.9 Å². The monoisotopic (exact) mass is 332 g/mol. The number of hydrogen-bond acceptors (Lipinski definition) is 6. The van der Waals surface area contributed by atoms with Gasteiger partial charge in [0, 0.05) is 24.1 Å². The molecular formula is C15H16N4O5. The zero-order chi connectivity index (χ0) is 17.5. The molecule has 0 aliphatic carbocycles. The summed E-state index contributed by atoms with van der Waals surface area (Å²) in [6, 6.07) is 6.11. The van der Waals surface area contributed by atoms with Crippen LogP contribution in [0.1, 0.15) is 28.5 Å². The smallest absolute Gasteiger partial charge is 0.322 e. The van der Waals surface area contributed by atoms with Crippen LogP contribution in [0.2, 0.25) is 0 Å². The lowest BCUT2D eigenvalue weighted by atomic mass is 10.2. The van der Waals surface area contributed by atoms with Crippen molar-refractivity contribution in [2.45, 2.75) is 19.8 Å². The van der Waals surface area contributed by atoms with Crippen LogP contribution < -0.4 is 10.6 Å². The van der Waals surface area contributed by atoms with Gasteiger partial charge in [-0.3, -0.25) is 14.4 Å². The lowest BCUT2D eigenvalue weighted by Crippen LogP contribution is -2.29. The number of carbonyl (C=O) groups is 3. The Bertz CT molecular complexity index is 739. The number of aryl methyl sites for hydroxylation is 2. The molecule has 1 heterocycles. The van der Waals surface area contributed by atoms with Crippen molar-refractivity contribution in [1.82, 2.24) is 15.5 Å². The van der Waals surface area contributed by atoms with Crippen LogP contribution in [0.4, 0.5) is 5.69 Å². The first-order valence-electron chi connectivity index (χ1n) is 7.13. The third-order valence-electron chi connectivity index (χ3n) is 2.97. The second-order valence-corrected chi connectivity index (χ2v) is 4.94. The Hall–Kier alpha value is -3.23. The van der Waals surface area contributed by atoms with Crippen molar-refractivity contribution < 1.29 is 24.0 Å². The van der Waals surface area contributed by atoms with Gasteiger partial charge in [-0.2, -0.15) is 4.98 Å². The molecule has 1 aromatic heterocycles. The fourth-order valence-corrected chi connectivity index (χ4v) is 1.85. The van der Waals surface area contributed by atoms with E-state index in [0.717, 1.165) is 0 Å². The SMILES string of the molecule is Cc1noc(CCC(=O)Nc2ccc(C(=O)NCC(=O)O)cc2)n1. The Labute approximate surface area is 137 Å². The number of nitrogens with zero attached hydrogens (tertiary/aromatic N) is 2. The topological polar surface area (TPSA) is 134 Å². The summed E-state index contributed by atoms with van der Waals surface area (Å²) in [5.41, 5.74) is 0.826. The van der Waals surface area contributed by atoms with Crippen molar-refractivity contribution in [2.24, 2.45) is 0 Å². The molecule has 0 saturated heterocycles. The Morgan fingerprint density at radius 1 is 1.21 bits per heavy atom. The zero-order valence-electron chi connectivity index (χ0n) is 12.9. The Morgan fingerprint density at radius 2 is 1.92 bits per heavy atom. The normalized spacial score (nSPS) is 10.2. The number of nitrogens with one attached hydrogen (secondary N) is 2. The molecule has 1 aromatic carbocycles. The minimum Gasteiger partial charge on any atom is -0.480 e. The highest BCUT2D eigenvalue weighted by Crippen LogP contribution is 2.10. The quantitative estimate of drug-likeness (QED) is 0.681. The van der Waals surface area contributed by atoms with Crippen LogP contribution in [-0.4, -0.2) is 39.6 Å². The summed E-state index contributed by atoms with van der Waals surface area (Å²) in [6.45, 7) is 1.24. The maximum Gasteiger partial charge on any atom is 0.322 e. The number of amides is 2. The van der Waals surface area contributed by atoms with E-state index in [9.17, 15) is 14.4 Å². The first-order chi connectivity index (χ1) is 11.4. The van der Waals surface area contributed by atoms with E-state index in [1.807, 2.05) is 0 Å². The molecule has 2 aromatic rings. The van der Waals surface area contributed by atoms with E-state index >= 15 is 0 Å². The molecular weight excluding hydrogens is 316 g/mol. The standard InChI is InChI=1S/C15H16N4O5/c1-9-17-13(24-19-9)7-6-12(20)18-11-4-2-10(3-5-11)15(23)16-8-14(21)22/h2-5H,6-8H2,1H3,(H,16,23)(H,18,20)(H,21,22).